The zero-order valence-corrected chi connectivity index (χ0v) is 15.0. The van der Waals surface area contributed by atoms with E-state index in [4.69, 9.17) is 4.42 Å². The Morgan fingerprint density at radius 1 is 1.11 bits per heavy atom. The van der Waals surface area contributed by atoms with Crippen molar-refractivity contribution in [2.45, 2.75) is 50.1 Å². The Hall–Kier alpha value is -2.56. The molecule has 140 valence electrons. The first kappa shape index (κ1) is 16.6. The van der Waals surface area contributed by atoms with Crippen molar-refractivity contribution in [1.82, 2.24) is 4.90 Å². The molecule has 2 aliphatic carbocycles. The van der Waals surface area contributed by atoms with E-state index in [1.54, 1.807) is 6.26 Å². The van der Waals surface area contributed by atoms with Crippen LogP contribution in [0, 0.1) is 11.8 Å². The maximum atomic E-state index is 13.1. The molecule has 1 aromatic carbocycles. The van der Waals surface area contributed by atoms with Gasteiger partial charge in [-0.3, -0.25) is 4.79 Å². The number of aliphatic carboxylic acids is 1. The zero-order valence-electron chi connectivity index (χ0n) is 15.0. The van der Waals surface area contributed by atoms with Crippen LogP contribution in [0.5, 0.6) is 0 Å². The van der Waals surface area contributed by atoms with E-state index in [9.17, 15) is 14.7 Å². The van der Waals surface area contributed by atoms with E-state index in [0.29, 0.717) is 25.2 Å². The topological polar surface area (TPSA) is 73.6 Å². The molecule has 5 atom stereocenters. The van der Waals surface area contributed by atoms with Crippen LogP contribution in [-0.2, 0) is 22.4 Å². The van der Waals surface area contributed by atoms with Crippen LogP contribution in [0.3, 0.4) is 0 Å². The first-order valence-electron chi connectivity index (χ1n) is 9.75. The number of carboxylic acid groups (broad SMARTS) is 1. The highest BCUT2D eigenvalue weighted by molar-refractivity contribution is 5.80. The summed E-state index contributed by atoms with van der Waals surface area (Å²) in [5.41, 5.74) is 2.65. The number of aryl methyl sites for hydroxylation is 1. The molecule has 2 aromatic rings. The summed E-state index contributed by atoms with van der Waals surface area (Å²) in [7, 11) is 0. The standard InChI is InChI=1S/C22H23NO4/c24-21(8-7-14-5-3-9-27-14)23-19-10-13-4-1-2-6-15(13)16-12-20(23)18(22(25)26)11-17(16)19/h1-6,9,16-20H,7-8,10-12H2,(H,25,26)/p-1. The molecule has 3 heterocycles. The number of rotatable bonds is 4. The Bertz CT molecular complexity index is 874. The lowest BCUT2D eigenvalue weighted by molar-refractivity contribution is -0.317. The highest BCUT2D eigenvalue weighted by Gasteiger charge is 2.55. The van der Waals surface area contributed by atoms with Crippen LogP contribution in [0.25, 0.3) is 0 Å². The number of piperidine rings is 2. The van der Waals surface area contributed by atoms with Crippen LogP contribution >= 0.6 is 0 Å². The Balaban J connectivity index is 1.45. The van der Waals surface area contributed by atoms with E-state index in [0.717, 1.165) is 18.6 Å². The zero-order chi connectivity index (χ0) is 18.5. The fourth-order valence-corrected chi connectivity index (χ4v) is 5.75. The maximum absolute atomic E-state index is 13.1. The predicted molar refractivity (Wildman–Crippen MR) is 95.6 cm³/mol. The van der Waals surface area contributed by atoms with Crippen molar-refractivity contribution in [3.8, 4) is 0 Å². The Morgan fingerprint density at radius 2 is 1.96 bits per heavy atom. The molecule has 4 bridgehead atoms. The maximum Gasteiger partial charge on any atom is 0.223 e. The summed E-state index contributed by atoms with van der Waals surface area (Å²) >= 11 is 0. The van der Waals surface area contributed by atoms with Gasteiger partial charge >= 0.3 is 0 Å². The molecule has 1 saturated carbocycles. The van der Waals surface area contributed by atoms with Gasteiger partial charge in [-0.1, -0.05) is 24.3 Å². The van der Waals surface area contributed by atoms with E-state index in [2.05, 4.69) is 18.2 Å². The average molecular weight is 364 g/mol. The minimum Gasteiger partial charge on any atom is -0.550 e. The molecule has 3 fully saturated rings. The van der Waals surface area contributed by atoms with E-state index >= 15 is 0 Å². The first-order chi connectivity index (χ1) is 13.1. The lowest BCUT2D eigenvalue weighted by Crippen LogP contribution is -2.67. The summed E-state index contributed by atoms with van der Waals surface area (Å²) in [5.74, 6) is -0.182. The molecule has 0 spiro atoms. The van der Waals surface area contributed by atoms with Crippen LogP contribution in [0.15, 0.2) is 47.1 Å². The van der Waals surface area contributed by atoms with Crippen LogP contribution < -0.4 is 5.11 Å². The second kappa shape index (κ2) is 6.25. The normalized spacial score (nSPS) is 30.8. The van der Waals surface area contributed by atoms with Gasteiger partial charge in [-0.2, -0.15) is 0 Å². The number of hydrogen-bond donors (Lipinski definition) is 0. The van der Waals surface area contributed by atoms with Gasteiger partial charge in [-0.05, 0) is 54.4 Å². The monoisotopic (exact) mass is 364 g/mol. The van der Waals surface area contributed by atoms with Crippen molar-refractivity contribution < 1.29 is 19.1 Å². The second-order valence-electron chi connectivity index (χ2n) is 8.09. The molecular formula is C22H22NO4-. The third-order valence-electron chi connectivity index (χ3n) is 6.85. The Labute approximate surface area is 158 Å². The summed E-state index contributed by atoms with van der Waals surface area (Å²) in [6.07, 6.45) is 4.67. The molecule has 6 rings (SSSR count). The number of hydrogen-bond acceptors (Lipinski definition) is 4. The van der Waals surface area contributed by atoms with Crippen LogP contribution in [0.1, 0.15) is 42.1 Å². The summed E-state index contributed by atoms with van der Waals surface area (Å²) in [6, 6.07) is 12.0. The molecule has 0 N–H and O–H groups in total. The highest BCUT2D eigenvalue weighted by atomic mass is 16.4. The summed E-state index contributed by atoms with van der Waals surface area (Å²) in [6.45, 7) is 0. The smallest absolute Gasteiger partial charge is 0.223 e. The number of carboxylic acids is 1. The number of nitrogens with zero attached hydrogens (tertiary/aromatic N) is 1. The largest absolute Gasteiger partial charge is 0.550 e. The quantitative estimate of drug-likeness (QED) is 0.831. The van der Waals surface area contributed by atoms with Gasteiger partial charge < -0.3 is 19.2 Å². The van der Waals surface area contributed by atoms with Gasteiger partial charge in [0, 0.05) is 36.8 Å². The van der Waals surface area contributed by atoms with Crippen LogP contribution in [0.2, 0.25) is 0 Å². The van der Waals surface area contributed by atoms with Gasteiger partial charge in [0.05, 0.1) is 6.26 Å². The summed E-state index contributed by atoms with van der Waals surface area (Å²) < 4.78 is 5.35. The highest BCUT2D eigenvalue weighted by Crippen LogP contribution is 2.54. The first-order valence-corrected chi connectivity index (χ1v) is 9.75. The molecule has 4 aliphatic rings. The van der Waals surface area contributed by atoms with Gasteiger partial charge in [-0.15, -0.1) is 0 Å². The number of amides is 1. The van der Waals surface area contributed by atoms with Gasteiger partial charge in [0.2, 0.25) is 5.91 Å². The number of carbonyl (C=O) groups excluding carboxylic acids is 2. The lowest BCUT2D eigenvalue weighted by Gasteiger charge is -2.60. The van der Waals surface area contributed by atoms with Crippen molar-refractivity contribution in [3.63, 3.8) is 0 Å². The molecule has 2 aliphatic heterocycles. The summed E-state index contributed by atoms with van der Waals surface area (Å²) in [5, 5.41) is 11.8. The molecule has 1 amide bonds. The SMILES string of the molecule is O=C([O-])C1CC2C3CC1N(C(=O)CCc1ccco1)C2Cc1ccccc13. The minimum absolute atomic E-state index is 0.0372. The molecule has 1 aromatic heterocycles. The number of furan rings is 1. The Morgan fingerprint density at radius 3 is 2.74 bits per heavy atom. The molecule has 27 heavy (non-hydrogen) atoms. The number of benzene rings is 1. The molecule has 2 saturated heterocycles. The van der Waals surface area contributed by atoms with Crippen molar-refractivity contribution in [2.75, 3.05) is 0 Å². The molecule has 5 unspecified atom stereocenters. The molecule has 0 radical (unpaired) electrons. The van der Waals surface area contributed by atoms with E-state index in [-0.39, 0.29) is 23.9 Å². The van der Waals surface area contributed by atoms with Crippen molar-refractivity contribution in [2.24, 2.45) is 11.8 Å². The van der Waals surface area contributed by atoms with Gasteiger partial charge in [0.15, 0.2) is 0 Å². The average Bonchev–Trinajstić information content (AvgIpc) is 3.19. The van der Waals surface area contributed by atoms with E-state index < -0.39 is 11.9 Å². The molecule has 5 nitrogen and oxygen atoms in total. The van der Waals surface area contributed by atoms with E-state index in [1.165, 1.54) is 11.1 Å². The lowest BCUT2D eigenvalue weighted by atomic mass is 9.57. The predicted octanol–water partition coefficient (Wildman–Crippen LogP) is 1.91. The van der Waals surface area contributed by atoms with E-state index in [1.807, 2.05) is 23.1 Å². The second-order valence-corrected chi connectivity index (χ2v) is 8.09. The molecule has 5 heteroatoms. The van der Waals surface area contributed by atoms with Crippen molar-refractivity contribution in [1.29, 1.82) is 0 Å². The minimum atomic E-state index is -1.01. The molecular weight excluding hydrogens is 342 g/mol. The van der Waals surface area contributed by atoms with Crippen molar-refractivity contribution in [3.05, 3.63) is 59.5 Å². The number of fused-ring (bicyclic) bond motifs is 2. The Kier molecular flexibility index (Phi) is 3.85. The van der Waals surface area contributed by atoms with Crippen LogP contribution in [0.4, 0.5) is 0 Å². The fraction of sp³-hybridized carbons (Fsp3) is 0.455. The van der Waals surface area contributed by atoms with Gasteiger partial charge in [-0.25, -0.2) is 0 Å². The fourth-order valence-electron chi connectivity index (χ4n) is 5.75. The number of carbonyl (C=O) groups is 2. The van der Waals surface area contributed by atoms with Gasteiger partial charge in [0.25, 0.3) is 0 Å². The third kappa shape index (κ3) is 2.59. The summed E-state index contributed by atoms with van der Waals surface area (Å²) in [4.78, 5) is 26.8. The van der Waals surface area contributed by atoms with Gasteiger partial charge in [0.1, 0.15) is 5.76 Å². The van der Waals surface area contributed by atoms with Crippen molar-refractivity contribution >= 4 is 11.9 Å². The third-order valence-corrected chi connectivity index (χ3v) is 6.85. The van der Waals surface area contributed by atoms with Crippen LogP contribution in [-0.4, -0.2) is 28.9 Å².